The number of methoxy groups -OCH3 is 1. The van der Waals surface area contributed by atoms with Crippen LogP contribution in [0, 0.1) is 19.7 Å². The quantitative estimate of drug-likeness (QED) is 0.446. The Morgan fingerprint density at radius 1 is 1.12 bits per heavy atom. The molecule has 1 aromatic carbocycles. The molecule has 1 atom stereocenters. The van der Waals surface area contributed by atoms with Gasteiger partial charge in [-0.25, -0.2) is 24.0 Å². The van der Waals surface area contributed by atoms with Gasteiger partial charge in [0.25, 0.3) is 0 Å². The first-order valence-electron chi connectivity index (χ1n) is 11.0. The number of pyridine rings is 1. The lowest BCUT2D eigenvalue weighted by molar-refractivity contribution is 0.395. The van der Waals surface area contributed by atoms with Crippen molar-refractivity contribution in [2.24, 2.45) is 0 Å². The Hall–Kier alpha value is -3.81. The van der Waals surface area contributed by atoms with Crippen LogP contribution in [0.1, 0.15) is 52.9 Å². The fourth-order valence-corrected chi connectivity index (χ4v) is 4.34. The third-order valence-electron chi connectivity index (χ3n) is 6.02. The Labute approximate surface area is 191 Å². The first-order chi connectivity index (χ1) is 16.0. The molecule has 7 nitrogen and oxygen atoms in total. The molecule has 33 heavy (non-hydrogen) atoms. The van der Waals surface area contributed by atoms with Crippen LogP contribution in [0.3, 0.4) is 0 Å². The van der Waals surface area contributed by atoms with Crippen molar-refractivity contribution < 1.29 is 9.13 Å². The Morgan fingerprint density at radius 2 is 2.00 bits per heavy atom. The molecule has 0 aliphatic carbocycles. The molecular weight excluding hydrogens is 419 g/mol. The van der Waals surface area contributed by atoms with Gasteiger partial charge in [-0.1, -0.05) is 12.1 Å². The van der Waals surface area contributed by atoms with E-state index in [1.807, 2.05) is 59.6 Å². The standard InChI is InChI=1S/C25H25FN6O/c1-16-14-31(15-27-16)22-11-9-18(28-25(22)33-3)10-12-23-29-24-20(7-5-13-32(24)30-23)19-6-4-8-21(26)17(19)2/h4,6,8-12,14-15,20H,5,7,13H2,1-3H3/t20-/m0/s1. The van der Waals surface area contributed by atoms with Crippen molar-refractivity contribution in [3.63, 3.8) is 0 Å². The van der Waals surface area contributed by atoms with E-state index < -0.39 is 0 Å². The normalized spacial score (nSPS) is 15.7. The van der Waals surface area contributed by atoms with Gasteiger partial charge >= 0.3 is 0 Å². The van der Waals surface area contributed by atoms with Gasteiger partial charge in [0.15, 0.2) is 5.82 Å². The van der Waals surface area contributed by atoms with Gasteiger partial charge in [0, 0.05) is 18.7 Å². The summed E-state index contributed by atoms with van der Waals surface area (Å²) in [5, 5.41) is 4.66. The maximum Gasteiger partial charge on any atom is 0.238 e. The minimum Gasteiger partial charge on any atom is -0.479 e. The van der Waals surface area contributed by atoms with E-state index in [4.69, 9.17) is 9.72 Å². The van der Waals surface area contributed by atoms with Crippen LogP contribution in [0.2, 0.25) is 0 Å². The van der Waals surface area contributed by atoms with Crippen LogP contribution in [-0.2, 0) is 6.54 Å². The van der Waals surface area contributed by atoms with Gasteiger partial charge in [-0.3, -0.25) is 0 Å². The van der Waals surface area contributed by atoms with Crippen LogP contribution in [-0.4, -0.2) is 36.4 Å². The van der Waals surface area contributed by atoms with Crippen molar-refractivity contribution >= 4 is 12.2 Å². The minimum atomic E-state index is -0.182. The summed E-state index contributed by atoms with van der Waals surface area (Å²) in [4.78, 5) is 13.6. The number of halogens is 1. The number of benzene rings is 1. The summed E-state index contributed by atoms with van der Waals surface area (Å²) in [6.07, 6.45) is 9.29. The molecule has 5 rings (SSSR count). The van der Waals surface area contributed by atoms with Gasteiger partial charge in [0.2, 0.25) is 5.88 Å². The highest BCUT2D eigenvalue weighted by atomic mass is 19.1. The average molecular weight is 445 g/mol. The number of nitrogens with zero attached hydrogens (tertiary/aromatic N) is 6. The van der Waals surface area contributed by atoms with Crippen LogP contribution in [0.4, 0.5) is 4.39 Å². The van der Waals surface area contributed by atoms with E-state index >= 15 is 0 Å². The van der Waals surface area contributed by atoms with E-state index in [1.54, 1.807) is 19.5 Å². The van der Waals surface area contributed by atoms with Gasteiger partial charge in [0.1, 0.15) is 17.3 Å². The van der Waals surface area contributed by atoms with Crippen molar-refractivity contribution in [1.29, 1.82) is 0 Å². The van der Waals surface area contributed by atoms with Crippen molar-refractivity contribution in [2.75, 3.05) is 7.11 Å². The maximum atomic E-state index is 14.1. The number of hydrogen-bond donors (Lipinski definition) is 0. The van der Waals surface area contributed by atoms with Gasteiger partial charge in [-0.05, 0) is 68.2 Å². The number of aryl methyl sites for hydroxylation is 2. The second kappa shape index (κ2) is 8.61. The number of aromatic nitrogens is 6. The highest BCUT2D eigenvalue weighted by Crippen LogP contribution is 2.34. The Kier molecular flexibility index (Phi) is 5.50. The lowest BCUT2D eigenvalue weighted by atomic mass is 9.88. The molecule has 0 radical (unpaired) electrons. The second-order valence-corrected chi connectivity index (χ2v) is 8.22. The zero-order chi connectivity index (χ0) is 22.9. The van der Waals surface area contributed by atoms with Crippen molar-refractivity contribution in [3.05, 3.63) is 82.8 Å². The number of ether oxygens (including phenoxy) is 1. The molecule has 0 saturated heterocycles. The van der Waals surface area contributed by atoms with E-state index in [1.165, 1.54) is 6.07 Å². The predicted octanol–water partition coefficient (Wildman–Crippen LogP) is 4.72. The van der Waals surface area contributed by atoms with E-state index in [9.17, 15) is 4.39 Å². The fourth-order valence-electron chi connectivity index (χ4n) is 4.34. The van der Waals surface area contributed by atoms with E-state index in [0.717, 1.165) is 47.8 Å². The van der Waals surface area contributed by atoms with Crippen LogP contribution < -0.4 is 4.74 Å². The SMILES string of the molecule is COc1nc(C=Cc2nc3n(n2)CCC[C@H]3c2cccc(F)c2C)ccc1-n1cnc(C)c1. The molecule has 0 amide bonds. The second-order valence-electron chi connectivity index (χ2n) is 8.22. The van der Waals surface area contributed by atoms with Crippen molar-refractivity contribution in [3.8, 4) is 11.6 Å². The summed E-state index contributed by atoms with van der Waals surface area (Å²) in [5.41, 5.74) is 4.13. The number of fused-ring (bicyclic) bond motifs is 1. The molecule has 0 saturated carbocycles. The number of hydrogen-bond acceptors (Lipinski definition) is 5. The van der Waals surface area contributed by atoms with Crippen LogP contribution in [0.25, 0.3) is 17.8 Å². The molecule has 0 bridgehead atoms. The van der Waals surface area contributed by atoms with Crippen LogP contribution in [0.5, 0.6) is 5.88 Å². The van der Waals surface area contributed by atoms with Crippen molar-refractivity contribution in [2.45, 2.75) is 39.2 Å². The first-order valence-corrected chi connectivity index (χ1v) is 11.0. The third-order valence-corrected chi connectivity index (χ3v) is 6.02. The molecule has 0 N–H and O–H groups in total. The van der Waals surface area contributed by atoms with Crippen LogP contribution in [0.15, 0.2) is 42.9 Å². The molecule has 0 fully saturated rings. The molecule has 4 heterocycles. The summed E-state index contributed by atoms with van der Waals surface area (Å²) in [6, 6.07) is 9.12. The lowest BCUT2D eigenvalue weighted by Crippen LogP contribution is -2.18. The molecule has 1 aliphatic heterocycles. The van der Waals surface area contributed by atoms with Gasteiger partial charge < -0.3 is 9.30 Å². The smallest absolute Gasteiger partial charge is 0.238 e. The zero-order valence-corrected chi connectivity index (χ0v) is 18.9. The topological polar surface area (TPSA) is 70.7 Å². The first kappa shape index (κ1) is 21.1. The summed E-state index contributed by atoms with van der Waals surface area (Å²) in [5.74, 6) is 1.86. The summed E-state index contributed by atoms with van der Waals surface area (Å²) in [7, 11) is 1.60. The molecule has 8 heteroatoms. The monoisotopic (exact) mass is 444 g/mol. The molecule has 0 spiro atoms. The highest BCUT2D eigenvalue weighted by molar-refractivity contribution is 5.65. The van der Waals surface area contributed by atoms with E-state index in [0.29, 0.717) is 17.3 Å². The fraction of sp³-hybridized carbons (Fsp3) is 0.280. The Morgan fingerprint density at radius 3 is 2.79 bits per heavy atom. The highest BCUT2D eigenvalue weighted by Gasteiger charge is 2.27. The summed E-state index contributed by atoms with van der Waals surface area (Å²) < 4.78 is 23.5. The summed E-state index contributed by atoms with van der Waals surface area (Å²) >= 11 is 0. The molecule has 1 aliphatic rings. The maximum absolute atomic E-state index is 14.1. The molecular formula is C25H25FN6O. The minimum absolute atomic E-state index is 0.0419. The van der Waals surface area contributed by atoms with Crippen LogP contribution >= 0.6 is 0 Å². The number of imidazole rings is 1. The molecule has 4 aromatic rings. The van der Waals surface area contributed by atoms with Gasteiger partial charge in [-0.2, -0.15) is 5.10 Å². The molecule has 3 aromatic heterocycles. The third kappa shape index (κ3) is 4.04. The van der Waals surface area contributed by atoms with Gasteiger partial charge in [0.05, 0.1) is 24.8 Å². The molecule has 0 unspecified atom stereocenters. The largest absolute Gasteiger partial charge is 0.479 e. The van der Waals surface area contributed by atoms with E-state index in [-0.39, 0.29) is 11.7 Å². The Bertz CT molecular complexity index is 1340. The number of rotatable bonds is 5. The average Bonchev–Trinajstić information content (AvgIpc) is 3.45. The van der Waals surface area contributed by atoms with Crippen molar-refractivity contribution in [1.82, 2.24) is 29.3 Å². The summed E-state index contributed by atoms with van der Waals surface area (Å²) in [6.45, 7) is 4.58. The zero-order valence-electron chi connectivity index (χ0n) is 18.9. The predicted molar refractivity (Wildman–Crippen MR) is 124 cm³/mol. The van der Waals surface area contributed by atoms with E-state index in [2.05, 4.69) is 15.1 Å². The Balaban J connectivity index is 1.42. The van der Waals surface area contributed by atoms with Gasteiger partial charge in [-0.15, -0.1) is 0 Å². The lowest BCUT2D eigenvalue weighted by Gasteiger charge is -2.23. The molecule has 168 valence electrons.